The van der Waals surface area contributed by atoms with Crippen LogP contribution in [-0.4, -0.2) is 18.7 Å². The van der Waals surface area contributed by atoms with E-state index in [0.29, 0.717) is 25.2 Å². The molecule has 0 aromatic heterocycles. The summed E-state index contributed by atoms with van der Waals surface area (Å²) in [5, 5.41) is 0. The first-order chi connectivity index (χ1) is 8.19. The maximum Gasteiger partial charge on any atom is 0.309 e. The molecule has 1 aromatic carbocycles. The van der Waals surface area contributed by atoms with E-state index in [2.05, 4.69) is 0 Å². The van der Waals surface area contributed by atoms with Crippen molar-refractivity contribution in [3.8, 4) is 5.75 Å². The minimum Gasteiger partial charge on any atom is -0.490 e. The van der Waals surface area contributed by atoms with Crippen molar-refractivity contribution in [3.63, 3.8) is 0 Å². The quantitative estimate of drug-likeness (QED) is 0.756. The van der Waals surface area contributed by atoms with Gasteiger partial charge in [-0.15, -0.1) is 0 Å². The smallest absolute Gasteiger partial charge is 0.309 e. The molecule has 17 heavy (non-hydrogen) atoms. The molecule has 0 radical (unpaired) electrons. The SMILES string of the molecule is CCOC(=O)C1CC(Oc2ccc(F)cc2)C1. The Morgan fingerprint density at radius 3 is 2.59 bits per heavy atom. The van der Waals surface area contributed by atoms with Crippen LogP contribution in [0.2, 0.25) is 0 Å². The van der Waals surface area contributed by atoms with Gasteiger partial charge in [0.15, 0.2) is 0 Å². The minimum atomic E-state index is -0.282. The zero-order valence-electron chi connectivity index (χ0n) is 9.69. The average Bonchev–Trinajstić information content (AvgIpc) is 2.25. The predicted octanol–water partition coefficient (Wildman–Crippen LogP) is 2.55. The van der Waals surface area contributed by atoms with Crippen LogP contribution in [0.4, 0.5) is 4.39 Å². The molecule has 0 amide bonds. The van der Waals surface area contributed by atoms with Gasteiger partial charge in [0.1, 0.15) is 17.7 Å². The molecular formula is C13H15FO3. The third-order valence-electron chi connectivity index (χ3n) is 2.83. The van der Waals surface area contributed by atoms with Crippen molar-refractivity contribution in [3.05, 3.63) is 30.1 Å². The lowest BCUT2D eigenvalue weighted by molar-refractivity contribution is -0.154. The van der Waals surface area contributed by atoms with Crippen LogP contribution >= 0.6 is 0 Å². The molecule has 1 saturated carbocycles. The van der Waals surface area contributed by atoms with Gasteiger partial charge >= 0.3 is 5.97 Å². The molecule has 3 nitrogen and oxygen atoms in total. The molecule has 1 aromatic rings. The van der Waals surface area contributed by atoms with Crippen LogP contribution in [0.15, 0.2) is 24.3 Å². The van der Waals surface area contributed by atoms with Crippen molar-refractivity contribution in [2.75, 3.05) is 6.61 Å². The molecule has 92 valence electrons. The Labute approximate surface area is 99.5 Å². The van der Waals surface area contributed by atoms with Gasteiger partial charge in [-0.05, 0) is 44.0 Å². The third-order valence-corrected chi connectivity index (χ3v) is 2.83. The molecule has 0 bridgehead atoms. The van der Waals surface area contributed by atoms with Crippen LogP contribution in [0.1, 0.15) is 19.8 Å². The molecule has 1 aliphatic carbocycles. The summed E-state index contributed by atoms with van der Waals surface area (Å²) in [6.45, 7) is 2.21. The number of hydrogen-bond donors (Lipinski definition) is 0. The summed E-state index contributed by atoms with van der Waals surface area (Å²) in [7, 11) is 0. The van der Waals surface area contributed by atoms with Crippen LogP contribution in [0.5, 0.6) is 5.75 Å². The summed E-state index contributed by atoms with van der Waals surface area (Å²) >= 11 is 0. The fraction of sp³-hybridized carbons (Fsp3) is 0.462. The highest BCUT2D eigenvalue weighted by Gasteiger charge is 2.37. The maximum absolute atomic E-state index is 12.7. The molecule has 2 rings (SSSR count). The summed E-state index contributed by atoms with van der Waals surface area (Å²) in [4.78, 5) is 11.3. The number of esters is 1. The zero-order chi connectivity index (χ0) is 12.3. The molecule has 4 heteroatoms. The Kier molecular flexibility index (Phi) is 3.61. The van der Waals surface area contributed by atoms with Gasteiger partial charge in [-0.2, -0.15) is 0 Å². The van der Waals surface area contributed by atoms with Gasteiger partial charge in [0.05, 0.1) is 12.5 Å². The molecular weight excluding hydrogens is 223 g/mol. The lowest BCUT2D eigenvalue weighted by atomic mass is 9.82. The molecule has 0 N–H and O–H groups in total. The highest BCUT2D eigenvalue weighted by atomic mass is 19.1. The van der Waals surface area contributed by atoms with Gasteiger partial charge in [-0.25, -0.2) is 4.39 Å². The van der Waals surface area contributed by atoms with Gasteiger partial charge in [0.2, 0.25) is 0 Å². The Hall–Kier alpha value is -1.58. The first-order valence-corrected chi connectivity index (χ1v) is 5.78. The standard InChI is InChI=1S/C13H15FO3/c1-2-16-13(15)9-7-12(8-9)17-11-5-3-10(14)4-6-11/h3-6,9,12H,2,7-8H2,1H3. The van der Waals surface area contributed by atoms with E-state index in [1.807, 2.05) is 0 Å². The molecule has 0 aliphatic heterocycles. The van der Waals surface area contributed by atoms with Gasteiger partial charge in [-0.3, -0.25) is 4.79 Å². The zero-order valence-corrected chi connectivity index (χ0v) is 9.69. The molecule has 0 unspecified atom stereocenters. The summed E-state index contributed by atoms with van der Waals surface area (Å²) in [6.07, 6.45) is 1.39. The molecule has 1 fully saturated rings. The second-order valence-electron chi connectivity index (χ2n) is 4.11. The summed E-state index contributed by atoms with van der Waals surface area (Å²) in [5.74, 6) is 0.168. The van der Waals surface area contributed by atoms with Crippen molar-refractivity contribution in [2.24, 2.45) is 5.92 Å². The monoisotopic (exact) mass is 238 g/mol. The lowest BCUT2D eigenvalue weighted by Gasteiger charge is -2.33. The van der Waals surface area contributed by atoms with E-state index in [9.17, 15) is 9.18 Å². The Morgan fingerprint density at radius 1 is 1.35 bits per heavy atom. The van der Waals surface area contributed by atoms with E-state index in [0.717, 1.165) is 0 Å². The fourth-order valence-electron chi connectivity index (χ4n) is 1.82. The van der Waals surface area contributed by atoms with Crippen molar-refractivity contribution in [1.82, 2.24) is 0 Å². The van der Waals surface area contributed by atoms with E-state index in [1.54, 1.807) is 19.1 Å². The number of hydrogen-bond acceptors (Lipinski definition) is 3. The number of carbonyl (C=O) groups is 1. The molecule has 0 heterocycles. The van der Waals surface area contributed by atoms with Gasteiger partial charge in [-0.1, -0.05) is 0 Å². The van der Waals surface area contributed by atoms with Crippen molar-refractivity contribution in [1.29, 1.82) is 0 Å². The number of carbonyl (C=O) groups excluding carboxylic acids is 1. The van der Waals surface area contributed by atoms with Gasteiger partial charge in [0, 0.05) is 0 Å². The van der Waals surface area contributed by atoms with Crippen LogP contribution in [0.3, 0.4) is 0 Å². The summed E-state index contributed by atoms with van der Waals surface area (Å²) in [5.41, 5.74) is 0. The summed E-state index contributed by atoms with van der Waals surface area (Å²) in [6, 6.07) is 5.90. The highest BCUT2D eigenvalue weighted by Crippen LogP contribution is 2.32. The second kappa shape index (κ2) is 5.17. The normalized spacial score (nSPS) is 22.7. The van der Waals surface area contributed by atoms with E-state index < -0.39 is 0 Å². The number of benzene rings is 1. The lowest BCUT2D eigenvalue weighted by Crippen LogP contribution is -2.39. The predicted molar refractivity (Wildman–Crippen MR) is 60.2 cm³/mol. The van der Waals surface area contributed by atoms with E-state index in [-0.39, 0.29) is 23.8 Å². The van der Waals surface area contributed by atoms with Crippen LogP contribution in [0, 0.1) is 11.7 Å². The average molecular weight is 238 g/mol. The van der Waals surface area contributed by atoms with Gasteiger partial charge < -0.3 is 9.47 Å². The molecule has 0 spiro atoms. The number of halogens is 1. The number of rotatable bonds is 4. The van der Waals surface area contributed by atoms with E-state index >= 15 is 0 Å². The van der Waals surface area contributed by atoms with Crippen molar-refractivity contribution >= 4 is 5.97 Å². The Balaban J connectivity index is 1.77. The first-order valence-electron chi connectivity index (χ1n) is 5.78. The maximum atomic E-state index is 12.7. The van der Waals surface area contributed by atoms with Crippen molar-refractivity contribution in [2.45, 2.75) is 25.9 Å². The highest BCUT2D eigenvalue weighted by molar-refractivity contribution is 5.73. The summed E-state index contributed by atoms with van der Waals surface area (Å²) < 4.78 is 23.2. The topological polar surface area (TPSA) is 35.5 Å². The van der Waals surface area contributed by atoms with Crippen LogP contribution < -0.4 is 4.74 Å². The van der Waals surface area contributed by atoms with Crippen molar-refractivity contribution < 1.29 is 18.7 Å². The largest absolute Gasteiger partial charge is 0.490 e. The Bertz CT molecular complexity index is 382. The molecule has 1 aliphatic rings. The molecule has 0 saturated heterocycles. The Morgan fingerprint density at radius 2 is 2.00 bits per heavy atom. The third kappa shape index (κ3) is 2.96. The number of ether oxygens (including phenoxy) is 2. The van der Waals surface area contributed by atoms with Crippen LogP contribution in [0.25, 0.3) is 0 Å². The second-order valence-corrected chi connectivity index (χ2v) is 4.11. The minimum absolute atomic E-state index is 0.0369. The van der Waals surface area contributed by atoms with Crippen LogP contribution in [-0.2, 0) is 9.53 Å². The first kappa shape index (κ1) is 11.9. The van der Waals surface area contributed by atoms with E-state index in [1.165, 1.54) is 12.1 Å². The fourth-order valence-corrected chi connectivity index (χ4v) is 1.82. The van der Waals surface area contributed by atoms with E-state index in [4.69, 9.17) is 9.47 Å². The van der Waals surface area contributed by atoms with Gasteiger partial charge in [0.25, 0.3) is 0 Å². The molecule has 0 atom stereocenters.